The summed E-state index contributed by atoms with van der Waals surface area (Å²) >= 11 is 7.53. The summed E-state index contributed by atoms with van der Waals surface area (Å²) in [6.07, 6.45) is 0. The number of nitrogens with zero attached hydrogens (tertiary/aromatic N) is 4. The second kappa shape index (κ2) is 5.40. The van der Waals surface area contributed by atoms with Gasteiger partial charge in [-0.05, 0) is 24.3 Å². The van der Waals surface area contributed by atoms with Crippen LogP contribution in [-0.2, 0) is 0 Å². The van der Waals surface area contributed by atoms with Crippen molar-refractivity contribution >= 4 is 38.8 Å². The third-order valence-corrected chi connectivity index (χ3v) is 5.19. The molecule has 0 radical (unpaired) electrons. The summed E-state index contributed by atoms with van der Waals surface area (Å²) in [4.78, 5) is 10.1. The van der Waals surface area contributed by atoms with Gasteiger partial charge in [0.2, 0.25) is 4.96 Å². The van der Waals surface area contributed by atoms with Crippen molar-refractivity contribution in [2.75, 3.05) is 7.11 Å². The second-order valence-corrected chi connectivity index (χ2v) is 6.87. The lowest BCUT2D eigenvalue weighted by molar-refractivity contribution is 0.415. The molecule has 2 aliphatic rings. The van der Waals surface area contributed by atoms with Crippen LogP contribution in [0.15, 0.2) is 47.8 Å². The van der Waals surface area contributed by atoms with E-state index in [0.29, 0.717) is 10.8 Å². The first kappa shape index (κ1) is 14.6. The van der Waals surface area contributed by atoms with Gasteiger partial charge < -0.3 is 4.74 Å². The zero-order chi connectivity index (χ0) is 17.0. The average Bonchev–Trinajstić information content (AvgIpc) is 3.20. The Morgan fingerprint density at radius 2 is 1.92 bits per heavy atom. The van der Waals surface area contributed by atoms with Crippen molar-refractivity contribution in [3.8, 4) is 28.5 Å². The average molecular weight is 367 g/mol. The lowest BCUT2D eigenvalue weighted by Gasteiger charge is -2.04. The predicted octanol–water partition coefficient (Wildman–Crippen LogP) is 4.77. The third-order valence-electron chi connectivity index (χ3n) is 4.13. The highest BCUT2D eigenvalue weighted by Crippen LogP contribution is 2.33. The Morgan fingerprint density at radius 1 is 1.08 bits per heavy atom. The summed E-state index contributed by atoms with van der Waals surface area (Å²) in [7, 11) is 1.64. The Balaban J connectivity index is 1.78. The molecule has 2 aromatic carbocycles. The van der Waals surface area contributed by atoms with Crippen molar-refractivity contribution in [3.63, 3.8) is 0 Å². The number of ether oxygens (including phenoxy) is 1. The lowest BCUT2D eigenvalue weighted by atomic mass is 10.2. The lowest BCUT2D eigenvalue weighted by Crippen LogP contribution is -1.99. The van der Waals surface area contributed by atoms with E-state index in [9.17, 15) is 0 Å². The first-order valence-electron chi connectivity index (χ1n) is 7.60. The van der Waals surface area contributed by atoms with Gasteiger partial charge in [-0.2, -0.15) is 10.1 Å². The number of thiazole rings is 1. The van der Waals surface area contributed by atoms with E-state index in [2.05, 4.69) is 9.97 Å². The maximum Gasteiger partial charge on any atom is 0.213 e. The minimum Gasteiger partial charge on any atom is -0.497 e. The summed E-state index contributed by atoms with van der Waals surface area (Å²) < 4.78 is 7.14. The van der Waals surface area contributed by atoms with Crippen LogP contribution in [0.1, 0.15) is 0 Å². The summed E-state index contributed by atoms with van der Waals surface area (Å²) in [6.45, 7) is 0. The molecule has 0 aliphatic carbocycles. The minimum absolute atomic E-state index is 0.646. The molecule has 5 nitrogen and oxygen atoms in total. The smallest absolute Gasteiger partial charge is 0.213 e. The highest BCUT2D eigenvalue weighted by molar-refractivity contribution is 7.15. The van der Waals surface area contributed by atoms with Crippen LogP contribution in [0.4, 0.5) is 0 Å². The Morgan fingerprint density at radius 3 is 2.72 bits per heavy atom. The molecule has 1 aromatic heterocycles. The van der Waals surface area contributed by atoms with E-state index in [0.717, 1.165) is 38.6 Å². The molecule has 0 N–H and O–H groups in total. The molecule has 25 heavy (non-hydrogen) atoms. The van der Waals surface area contributed by atoms with Gasteiger partial charge >= 0.3 is 0 Å². The SMILES string of the molecule is COc1ccc2c3nn4c(-c5ccc(Cl)cc5)csc4nc-3nc2c1. The molecule has 3 heterocycles. The normalized spacial score (nSPS) is 11.6. The molecular formula is C18H11ClN4OS. The molecule has 0 atom stereocenters. The van der Waals surface area contributed by atoms with Gasteiger partial charge in [-0.15, -0.1) is 11.3 Å². The van der Waals surface area contributed by atoms with Gasteiger partial charge in [0, 0.05) is 27.4 Å². The monoisotopic (exact) mass is 366 g/mol. The predicted molar refractivity (Wildman–Crippen MR) is 99.8 cm³/mol. The van der Waals surface area contributed by atoms with E-state index in [4.69, 9.17) is 21.4 Å². The fourth-order valence-electron chi connectivity index (χ4n) is 2.88. The Hall–Kier alpha value is -2.70. The van der Waals surface area contributed by atoms with Gasteiger partial charge in [0.15, 0.2) is 5.82 Å². The summed E-state index contributed by atoms with van der Waals surface area (Å²) in [6, 6.07) is 13.5. The molecule has 0 unspecified atom stereocenters. The maximum absolute atomic E-state index is 5.99. The molecule has 0 bridgehead atoms. The number of rotatable bonds is 2. The van der Waals surface area contributed by atoms with Crippen LogP contribution in [0, 0.1) is 0 Å². The molecule has 0 fully saturated rings. The molecule has 0 saturated heterocycles. The van der Waals surface area contributed by atoms with Crippen molar-refractivity contribution in [3.05, 3.63) is 52.9 Å². The molecule has 122 valence electrons. The van der Waals surface area contributed by atoms with E-state index < -0.39 is 0 Å². The molecule has 0 amide bonds. The highest BCUT2D eigenvalue weighted by atomic mass is 35.5. The zero-order valence-corrected chi connectivity index (χ0v) is 14.7. The van der Waals surface area contributed by atoms with Crippen molar-refractivity contribution in [1.82, 2.24) is 19.6 Å². The van der Waals surface area contributed by atoms with Crippen LogP contribution in [0.25, 0.3) is 38.6 Å². The van der Waals surface area contributed by atoms with Crippen LogP contribution in [-0.4, -0.2) is 26.7 Å². The van der Waals surface area contributed by atoms with Gasteiger partial charge in [0.05, 0.1) is 18.3 Å². The molecule has 3 aromatic rings. The van der Waals surface area contributed by atoms with Gasteiger partial charge in [0.1, 0.15) is 11.4 Å². The summed E-state index contributed by atoms with van der Waals surface area (Å²) in [5, 5.41) is 8.53. The molecule has 7 heteroatoms. The van der Waals surface area contributed by atoms with Crippen molar-refractivity contribution in [2.24, 2.45) is 0 Å². The van der Waals surface area contributed by atoms with E-state index in [-0.39, 0.29) is 0 Å². The zero-order valence-electron chi connectivity index (χ0n) is 13.1. The number of benzene rings is 2. The van der Waals surface area contributed by atoms with Crippen LogP contribution in [0.2, 0.25) is 5.02 Å². The maximum atomic E-state index is 5.99. The molecule has 5 rings (SSSR count). The number of hydrogen-bond donors (Lipinski definition) is 0. The van der Waals surface area contributed by atoms with Gasteiger partial charge in [-0.1, -0.05) is 23.7 Å². The van der Waals surface area contributed by atoms with Crippen molar-refractivity contribution < 1.29 is 4.74 Å². The van der Waals surface area contributed by atoms with E-state index in [1.54, 1.807) is 7.11 Å². The van der Waals surface area contributed by atoms with Crippen molar-refractivity contribution in [1.29, 1.82) is 0 Å². The molecule has 0 spiro atoms. The van der Waals surface area contributed by atoms with Crippen LogP contribution >= 0.6 is 22.9 Å². The first-order valence-corrected chi connectivity index (χ1v) is 8.86. The summed E-state index contributed by atoms with van der Waals surface area (Å²) in [5.74, 6) is 1.42. The fraction of sp³-hybridized carbons (Fsp3) is 0.0556. The summed E-state index contributed by atoms with van der Waals surface area (Å²) in [5.41, 5.74) is 3.64. The largest absolute Gasteiger partial charge is 0.497 e. The van der Waals surface area contributed by atoms with E-state index in [1.165, 1.54) is 11.3 Å². The van der Waals surface area contributed by atoms with Crippen molar-refractivity contribution in [2.45, 2.75) is 0 Å². The van der Waals surface area contributed by atoms with Gasteiger partial charge in [0.25, 0.3) is 0 Å². The Bertz CT molecular complexity index is 1200. The first-order chi connectivity index (χ1) is 12.2. The third kappa shape index (κ3) is 2.26. The topological polar surface area (TPSA) is 52.3 Å². The fourth-order valence-corrected chi connectivity index (χ4v) is 3.84. The minimum atomic E-state index is 0.646. The molecule has 0 saturated carbocycles. The van der Waals surface area contributed by atoms with E-state index in [1.807, 2.05) is 52.4 Å². The quantitative estimate of drug-likeness (QED) is 0.451. The number of aromatic nitrogens is 4. The van der Waals surface area contributed by atoms with Crippen LogP contribution in [0.3, 0.4) is 0 Å². The van der Waals surface area contributed by atoms with Gasteiger partial charge in [-0.25, -0.2) is 9.50 Å². The Kier molecular flexibility index (Phi) is 3.16. The number of hydrogen-bond acceptors (Lipinski definition) is 5. The molecule has 2 aliphatic heterocycles. The number of fused-ring (bicyclic) bond motifs is 4. The van der Waals surface area contributed by atoms with E-state index >= 15 is 0 Å². The number of halogens is 1. The standard InChI is InChI=1S/C18H11ClN4OS/c1-24-12-6-7-13-14(8-12)20-17-16(13)22-23-15(9-25-18(23)21-17)10-2-4-11(19)5-3-10/h2-9H,1H3. The molecular weight excluding hydrogens is 356 g/mol. The van der Waals surface area contributed by atoms with Crippen LogP contribution < -0.4 is 4.74 Å². The van der Waals surface area contributed by atoms with Gasteiger partial charge in [-0.3, -0.25) is 0 Å². The highest BCUT2D eigenvalue weighted by Gasteiger charge is 2.19. The number of methoxy groups -OCH3 is 1. The second-order valence-electron chi connectivity index (χ2n) is 5.60. The van der Waals surface area contributed by atoms with Crippen LogP contribution in [0.5, 0.6) is 5.75 Å². The Labute approximate surface area is 151 Å².